The highest BCUT2D eigenvalue weighted by molar-refractivity contribution is 4.99. The Balaban J connectivity index is 1.90. The van der Waals surface area contributed by atoms with Gasteiger partial charge in [0.1, 0.15) is 5.82 Å². The van der Waals surface area contributed by atoms with E-state index in [1.54, 1.807) is 0 Å². The summed E-state index contributed by atoms with van der Waals surface area (Å²) in [6.07, 6.45) is 8.82. The molecule has 1 aromatic rings. The molecule has 0 amide bonds. The lowest BCUT2D eigenvalue weighted by molar-refractivity contribution is 0.0665. The molecular weight excluding hydrogens is 200 g/mol. The Kier molecular flexibility index (Phi) is 3.11. The van der Waals surface area contributed by atoms with Crippen LogP contribution in [0.25, 0.3) is 0 Å². The van der Waals surface area contributed by atoms with E-state index >= 15 is 0 Å². The van der Waals surface area contributed by atoms with Crippen molar-refractivity contribution < 1.29 is 8.78 Å². The minimum Gasteiger partial charge on any atom is -0.306 e. The molecule has 82 valence electrons. The number of imidazole rings is 1. The van der Waals surface area contributed by atoms with Crippen molar-refractivity contribution in [2.75, 3.05) is 0 Å². The number of alkyl halides is 2. The number of aromatic nitrogens is 2. The number of hydrogen-bond donors (Lipinski definition) is 1. The minimum atomic E-state index is -2.51. The number of halogens is 2. The van der Waals surface area contributed by atoms with Crippen molar-refractivity contribution in [1.29, 1.82) is 0 Å². The standard InChI is InChI=1S/C10H13F2N3/c11-10(12)15-6-5-13-9(15)7-14-8-3-1-2-4-8/h1-2,5-6,8,10,14H,3-4,7H2. The Morgan fingerprint density at radius 1 is 1.47 bits per heavy atom. The van der Waals surface area contributed by atoms with E-state index in [0.717, 1.165) is 17.4 Å². The molecule has 0 saturated carbocycles. The first-order valence-corrected chi connectivity index (χ1v) is 4.95. The summed E-state index contributed by atoms with van der Waals surface area (Å²) in [4.78, 5) is 3.90. The maximum absolute atomic E-state index is 12.4. The van der Waals surface area contributed by atoms with E-state index in [-0.39, 0.29) is 0 Å². The molecule has 1 heterocycles. The van der Waals surface area contributed by atoms with Crippen LogP contribution >= 0.6 is 0 Å². The Morgan fingerprint density at radius 2 is 2.20 bits per heavy atom. The van der Waals surface area contributed by atoms with Crippen molar-refractivity contribution >= 4 is 0 Å². The summed E-state index contributed by atoms with van der Waals surface area (Å²) in [5.41, 5.74) is 0. The van der Waals surface area contributed by atoms with Crippen molar-refractivity contribution in [3.63, 3.8) is 0 Å². The SMILES string of the molecule is FC(F)n1ccnc1CNC1CC=CC1. The van der Waals surface area contributed by atoms with Crippen LogP contribution in [0.4, 0.5) is 8.78 Å². The molecule has 2 rings (SSSR count). The van der Waals surface area contributed by atoms with Crippen LogP contribution in [0.15, 0.2) is 24.5 Å². The summed E-state index contributed by atoms with van der Waals surface area (Å²) in [5, 5.41) is 3.20. The summed E-state index contributed by atoms with van der Waals surface area (Å²) < 4.78 is 25.8. The molecule has 5 heteroatoms. The van der Waals surface area contributed by atoms with E-state index in [9.17, 15) is 8.78 Å². The van der Waals surface area contributed by atoms with Crippen molar-refractivity contribution in [3.8, 4) is 0 Å². The number of rotatable bonds is 4. The average Bonchev–Trinajstić information content (AvgIpc) is 2.86. The Morgan fingerprint density at radius 3 is 2.87 bits per heavy atom. The molecular formula is C10H13F2N3. The molecule has 0 aromatic carbocycles. The third-order valence-electron chi connectivity index (χ3n) is 2.52. The van der Waals surface area contributed by atoms with Crippen LogP contribution in [-0.2, 0) is 6.54 Å². The molecule has 1 N–H and O–H groups in total. The zero-order valence-electron chi connectivity index (χ0n) is 8.24. The molecule has 0 radical (unpaired) electrons. The highest BCUT2D eigenvalue weighted by Crippen LogP contribution is 2.14. The third-order valence-corrected chi connectivity index (χ3v) is 2.52. The lowest BCUT2D eigenvalue weighted by atomic mass is 10.2. The van der Waals surface area contributed by atoms with Gasteiger partial charge < -0.3 is 5.32 Å². The van der Waals surface area contributed by atoms with Crippen LogP contribution in [0.3, 0.4) is 0 Å². The topological polar surface area (TPSA) is 29.9 Å². The van der Waals surface area contributed by atoms with Crippen LogP contribution in [0.5, 0.6) is 0 Å². The predicted molar refractivity (Wildman–Crippen MR) is 52.5 cm³/mol. The maximum Gasteiger partial charge on any atom is 0.319 e. The molecule has 1 aliphatic carbocycles. The van der Waals surface area contributed by atoms with Gasteiger partial charge in [0.05, 0.1) is 6.54 Å². The fourth-order valence-electron chi connectivity index (χ4n) is 1.68. The summed E-state index contributed by atoms with van der Waals surface area (Å²) in [6, 6.07) is 0.368. The second-order valence-electron chi connectivity index (χ2n) is 3.55. The van der Waals surface area contributed by atoms with Gasteiger partial charge >= 0.3 is 6.55 Å². The quantitative estimate of drug-likeness (QED) is 0.776. The fourth-order valence-corrected chi connectivity index (χ4v) is 1.68. The predicted octanol–water partition coefficient (Wildman–Crippen LogP) is 2.09. The van der Waals surface area contributed by atoms with Crippen LogP contribution in [0, 0.1) is 0 Å². The lowest BCUT2D eigenvalue weighted by Crippen LogP contribution is -2.27. The Hall–Kier alpha value is -1.23. The van der Waals surface area contributed by atoms with Crippen molar-refractivity contribution in [3.05, 3.63) is 30.4 Å². The molecule has 0 unspecified atom stereocenters. The molecule has 0 aliphatic heterocycles. The van der Waals surface area contributed by atoms with Gasteiger partial charge in [0.15, 0.2) is 0 Å². The molecule has 15 heavy (non-hydrogen) atoms. The van der Waals surface area contributed by atoms with Crippen LogP contribution in [0.1, 0.15) is 25.2 Å². The summed E-state index contributed by atoms with van der Waals surface area (Å²) in [7, 11) is 0. The fraction of sp³-hybridized carbons (Fsp3) is 0.500. The molecule has 1 aromatic heterocycles. The van der Waals surface area contributed by atoms with Gasteiger partial charge in [-0.2, -0.15) is 8.78 Å². The molecule has 3 nitrogen and oxygen atoms in total. The van der Waals surface area contributed by atoms with E-state index < -0.39 is 6.55 Å². The van der Waals surface area contributed by atoms with Crippen molar-refractivity contribution in [2.45, 2.75) is 32.0 Å². The van der Waals surface area contributed by atoms with E-state index in [4.69, 9.17) is 0 Å². The van der Waals surface area contributed by atoms with E-state index in [0.29, 0.717) is 18.4 Å². The van der Waals surface area contributed by atoms with Gasteiger partial charge in [-0.05, 0) is 12.8 Å². The highest BCUT2D eigenvalue weighted by Gasteiger charge is 2.13. The van der Waals surface area contributed by atoms with Crippen LogP contribution in [0.2, 0.25) is 0 Å². The number of nitrogens with one attached hydrogen (secondary N) is 1. The zero-order valence-corrected chi connectivity index (χ0v) is 8.24. The first-order chi connectivity index (χ1) is 7.27. The lowest BCUT2D eigenvalue weighted by Gasteiger charge is -2.12. The molecule has 0 saturated heterocycles. The third kappa shape index (κ3) is 2.41. The van der Waals surface area contributed by atoms with E-state index in [1.165, 1.54) is 12.4 Å². The summed E-state index contributed by atoms with van der Waals surface area (Å²) >= 11 is 0. The van der Waals surface area contributed by atoms with E-state index in [2.05, 4.69) is 22.5 Å². The first kappa shape index (κ1) is 10.3. The van der Waals surface area contributed by atoms with E-state index in [1.807, 2.05) is 0 Å². The highest BCUT2D eigenvalue weighted by atomic mass is 19.3. The van der Waals surface area contributed by atoms with Gasteiger partial charge in [-0.1, -0.05) is 12.2 Å². The number of hydrogen-bond acceptors (Lipinski definition) is 2. The summed E-state index contributed by atoms with van der Waals surface area (Å²) in [5.74, 6) is 0.386. The van der Waals surface area contributed by atoms with Gasteiger partial charge in [-0.25, -0.2) is 4.98 Å². The number of nitrogens with zero attached hydrogens (tertiary/aromatic N) is 2. The van der Waals surface area contributed by atoms with Gasteiger partial charge in [0.25, 0.3) is 0 Å². The molecule has 1 aliphatic rings. The second kappa shape index (κ2) is 4.53. The Bertz CT molecular complexity index is 338. The molecule has 0 bridgehead atoms. The maximum atomic E-state index is 12.4. The minimum absolute atomic E-state index is 0.368. The second-order valence-corrected chi connectivity index (χ2v) is 3.55. The normalized spacial score (nSPS) is 16.7. The van der Waals surface area contributed by atoms with Crippen molar-refractivity contribution in [2.24, 2.45) is 0 Å². The van der Waals surface area contributed by atoms with Gasteiger partial charge in [0, 0.05) is 18.4 Å². The largest absolute Gasteiger partial charge is 0.319 e. The van der Waals surface area contributed by atoms with Crippen LogP contribution in [-0.4, -0.2) is 15.6 Å². The van der Waals surface area contributed by atoms with Gasteiger partial charge in [0.2, 0.25) is 0 Å². The summed E-state index contributed by atoms with van der Waals surface area (Å²) in [6.45, 7) is -2.12. The smallest absolute Gasteiger partial charge is 0.306 e. The molecule has 0 spiro atoms. The van der Waals surface area contributed by atoms with Gasteiger partial charge in [-0.15, -0.1) is 0 Å². The molecule has 0 atom stereocenters. The Labute approximate surface area is 86.8 Å². The van der Waals surface area contributed by atoms with Crippen LogP contribution < -0.4 is 5.32 Å². The monoisotopic (exact) mass is 213 g/mol. The zero-order chi connectivity index (χ0) is 10.7. The first-order valence-electron chi connectivity index (χ1n) is 4.95. The average molecular weight is 213 g/mol. The van der Waals surface area contributed by atoms with Gasteiger partial charge in [-0.3, -0.25) is 4.57 Å². The van der Waals surface area contributed by atoms with Crippen molar-refractivity contribution in [1.82, 2.24) is 14.9 Å². The molecule has 0 fully saturated rings.